The molecule has 1 N–H and O–H groups in total. The maximum Gasteiger partial charge on any atom is 0.323 e. The lowest BCUT2D eigenvalue weighted by Gasteiger charge is -2.15. The molecule has 1 heterocycles. The first-order valence-corrected chi connectivity index (χ1v) is 7.47. The monoisotopic (exact) mass is 336 g/mol. The Labute approximate surface area is 137 Å². The van der Waals surface area contributed by atoms with Crippen molar-refractivity contribution in [2.75, 3.05) is 32.6 Å². The summed E-state index contributed by atoms with van der Waals surface area (Å²) in [4.78, 5) is 37.4. The van der Waals surface area contributed by atoms with Crippen molar-refractivity contribution in [3.63, 3.8) is 0 Å². The highest BCUT2D eigenvalue weighted by molar-refractivity contribution is 8.18. The molecular formula is C15H16N2O5S. The minimum Gasteiger partial charge on any atom is -0.496 e. The number of thioether (sulfide) groups is 1. The molecule has 0 unspecified atom stereocenters. The fourth-order valence-electron chi connectivity index (χ4n) is 2.01. The van der Waals surface area contributed by atoms with E-state index in [1.165, 1.54) is 13.2 Å². The highest BCUT2D eigenvalue weighted by Crippen LogP contribution is 2.34. The molecule has 0 spiro atoms. The Kier molecular flexibility index (Phi) is 4.95. The molecule has 1 aliphatic heterocycles. The smallest absolute Gasteiger partial charge is 0.323 e. The van der Waals surface area contributed by atoms with Gasteiger partial charge in [0.1, 0.15) is 12.3 Å². The van der Waals surface area contributed by atoms with Crippen LogP contribution in [0.3, 0.4) is 0 Å². The molecule has 23 heavy (non-hydrogen) atoms. The van der Waals surface area contributed by atoms with Gasteiger partial charge in [0.05, 0.1) is 12.0 Å². The van der Waals surface area contributed by atoms with Crippen molar-refractivity contribution >= 4 is 40.6 Å². The zero-order chi connectivity index (χ0) is 17.1. The molecule has 2 rings (SSSR count). The second kappa shape index (κ2) is 6.74. The van der Waals surface area contributed by atoms with E-state index in [9.17, 15) is 14.4 Å². The zero-order valence-corrected chi connectivity index (χ0v) is 13.7. The number of nitrogens with zero attached hydrogens (tertiary/aromatic N) is 2. The van der Waals surface area contributed by atoms with Crippen LogP contribution in [-0.2, 0) is 9.59 Å². The van der Waals surface area contributed by atoms with Crippen LogP contribution in [-0.4, -0.2) is 54.9 Å². The average molecular weight is 336 g/mol. The Morgan fingerprint density at radius 1 is 1.39 bits per heavy atom. The Morgan fingerprint density at radius 3 is 2.65 bits per heavy atom. The van der Waals surface area contributed by atoms with Gasteiger partial charge in [0.2, 0.25) is 0 Å². The number of hydrogen-bond donors (Lipinski definition) is 1. The largest absolute Gasteiger partial charge is 0.496 e. The van der Waals surface area contributed by atoms with Crippen molar-refractivity contribution in [1.29, 1.82) is 0 Å². The summed E-state index contributed by atoms with van der Waals surface area (Å²) in [6.45, 7) is -0.640. The Morgan fingerprint density at radius 2 is 2.09 bits per heavy atom. The highest BCUT2D eigenvalue weighted by atomic mass is 32.2. The van der Waals surface area contributed by atoms with E-state index in [-0.39, 0.29) is 4.91 Å². The quantitative estimate of drug-likeness (QED) is 0.821. The molecule has 8 heteroatoms. The molecule has 0 aromatic heterocycles. The standard InChI is InChI=1S/C15H16N2O5S/c1-16(2)10-5-4-9(11(7-10)22-3)6-12-14(20)17(8-13(18)19)15(21)23-12/h4-7H,8H2,1-3H3,(H,18,19). The van der Waals surface area contributed by atoms with E-state index in [1.807, 2.05) is 31.1 Å². The molecule has 1 aromatic carbocycles. The van der Waals surface area contributed by atoms with Crippen LogP contribution >= 0.6 is 11.8 Å². The molecule has 0 bridgehead atoms. The van der Waals surface area contributed by atoms with Gasteiger partial charge in [-0.05, 0) is 30.0 Å². The fourth-order valence-corrected chi connectivity index (χ4v) is 2.84. The lowest BCUT2D eigenvalue weighted by molar-refractivity contribution is -0.140. The van der Waals surface area contributed by atoms with Gasteiger partial charge in [0.15, 0.2) is 0 Å². The molecule has 0 aliphatic carbocycles. The molecule has 0 radical (unpaired) electrons. The van der Waals surface area contributed by atoms with Crippen molar-refractivity contribution in [1.82, 2.24) is 4.90 Å². The number of carboxylic acids is 1. The maximum atomic E-state index is 12.1. The number of carboxylic acid groups (broad SMARTS) is 1. The van der Waals surface area contributed by atoms with Gasteiger partial charge < -0.3 is 14.7 Å². The van der Waals surface area contributed by atoms with Gasteiger partial charge in [-0.1, -0.05) is 0 Å². The second-order valence-corrected chi connectivity index (χ2v) is 5.98. The van der Waals surface area contributed by atoms with Gasteiger partial charge in [-0.2, -0.15) is 0 Å². The van der Waals surface area contributed by atoms with Crippen LogP contribution in [0.5, 0.6) is 5.75 Å². The average Bonchev–Trinajstić information content (AvgIpc) is 2.74. The minimum atomic E-state index is -1.23. The van der Waals surface area contributed by atoms with Crippen LogP contribution in [0.25, 0.3) is 6.08 Å². The molecule has 7 nitrogen and oxygen atoms in total. The molecule has 122 valence electrons. The third kappa shape index (κ3) is 3.65. The van der Waals surface area contributed by atoms with Crippen LogP contribution < -0.4 is 9.64 Å². The molecule has 1 fully saturated rings. The van der Waals surface area contributed by atoms with Gasteiger partial charge in [-0.25, -0.2) is 0 Å². The van der Waals surface area contributed by atoms with E-state index in [0.717, 1.165) is 17.4 Å². The predicted molar refractivity (Wildman–Crippen MR) is 87.6 cm³/mol. The fraction of sp³-hybridized carbons (Fsp3) is 0.267. The normalized spacial score (nSPS) is 16.1. The van der Waals surface area contributed by atoms with Crippen molar-refractivity contribution in [3.8, 4) is 5.75 Å². The zero-order valence-electron chi connectivity index (χ0n) is 12.9. The van der Waals surface area contributed by atoms with E-state index in [2.05, 4.69) is 0 Å². The first-order chi connectivity index (χ1) is 10.8. The van der Waals surface area contributed by atoms with Crippen LogP contribution in [0.4, 0.5) is 10.5 Å². The summed E-state index contributed by atoms with van der Waals surface area (Å²) in [6, 6.07) is 5.45. The lowest BCUT2D eigenvalue weighted by atomic mass is 10.1. The van der Waals surface area contributed by atoms with Crippen molar-refractivity contribution < 1.29 is 24.2 Å². The topological polar surface area (TPSA) is 87.2 Å². The van der Waals surface area contributed by atoms with Gasteiger partial charge in [-0.15, -0.1) is 0 Å². The molecular weight excluding hydrogens is 320 g/mol. The number of ether oxygens (including phenoxy) is 1. The summed E-state index contributed by atoms with van der Waals surface area (Å²) >= 11 is 0.718. The number of aliphatic carboxylic acids is 1. The highest BCUT2D eigenvalue weighted by Gasteiger charge is 2.36. The van der Waals surface area contributed by atoms with Gasteiger partial charge in [0, 0.05) is 31.4 Å². The van der Waals surface area contributed by atoms with Gasteiger partial charge in [-0.3, -0.25) is 19.3 Å². The number of rotatable bonds is 5. The molecule has 1 saturated heterocycles. The molecule has 0 atom stereocenters. The van der Waals surface area contributed by atoms with Crippen LogP contribution in [0.15, 0.2) is 23.1 Å². The Hall–Kier alpha value is -2.48. The van der Waals surface area contributed by atoms with E-state index in [1.54, 1.807) is 6.07 Å². The summed E-state index contributed by atoms with van der Waals surface area (Å²) in [5, 5.41) is 8.16. The molecule has 1 aromatic rings. The molecule has 1 aliphatic rings. The van der Waals surface area contributed by atoms with Crippen molar-refractivity contribution in [2.45, 2.75) is 0 Å². The number of imide groups is 1. The summed E-state index contributed by atoms with van der Waals surface area (Å²) < 4.78 is 5.32. The number of anilines is 1. The SMILES string of the molecule is COc1cc(N(C)C)ccc1C=C1SC(=O)N(CC(=O)O)C1=O. The number of amides is 2. The van der Waals surface area contributed by atoms with Crippen LogP contribution in [0.2, 0.25) is 0 Å². The maximum absolute atomic E-state index is 12.1. The number of benzene rings is 1. The number of hydrogen-bond acceptors (Lipinski definition) is 6. The van der Waals surface area contributed by atoms with Crippen LogP contribution in [0, 0.1) is 0 Å². The van der Waals surface area contributed by atoms with E-state index in [4.69, 9.17) is 9.84 Å². The van der Waals surface area contributed by atoms with E-state index < -0.39 is 23.7 Å². The summed E-state index contributed by atoms with van der Waals surface area (Å²) in [7, 11) is 5.31. The lowest BCUT2D eigenvalue weighted by Crippen LogP contribution is -2.33. The third-order valence-corrected chi connectivity index (χ3v) is 4.09. The number of methoxy groups -OCH3 is 1. The van der Waals surface area contributed by atoms with Crippen molar-refractivity contribution in [3.05, 3.63) is 28.7 Å². The molecule has 2 amide bonds. The third-order valence-electron chi connectivity index (χ3n) is 3.19. The van der Waals surface area contributed by atoms with Gasteiger partial charge >= 0.3 is 5.97 Å². The minimum absolute atomic E-state index is 0.173. The Bertz CT molecular complexity index is 699. The van der Waals surface area contributed by atoms with Crippen LogP contribution in [0.1, 0.15) is 5.56 Å². The van der Waals surface area contributed by atoms with Crippen molar-refractivity contribution in [2.24, 2.45) is 0 Å². The van der Waals surface area contributed by atoms with Gasteiger partial charge in [0.25, 0.3) is 11.1 Å². The first-order valence-electron chi connectivity index (χ1n) is 6.66. The van der Waals surface area contributed by atoms with E-state index >= 15 is 0 Å². The summed E-state index contributed by atoms with van der Waals surface area (Å²) in [5.74, 6) is -1.29. The first kappa shape index (κ1) is 16.9. The molecule has 0 saturated carbocycles. The van der Waals surface area contributed by atoms with E-state index in [0.29, 0.717) is 16.2 Å². The summed E-state index contributed by atoms with van der Waals surface area (Å²) in [5.41, 5.74) is 1.57. The predicted octanol–water partition coefficient (Wildman–Crippen LogP) is 1.88. The Balaban J connectivity index is 2.33. The number of carbonyl (C=O) groups is 3. The summed E-state index contributed by atoms with van der Waals surface area (Å²) in [6.07, 6.45) is 1.53. The second-order valence-electron chi connectivity index (χ2n) is 4.98. The number of carbonyl (C=O) groups excluding carboxylic acids is 2.